The van der Waals surface area contributed by atoms with Gasteiger partial charge >= 0.3 is 0 Å². The molecule has 0 aromatic heterocycles. The van der Waals surface area contributed by atoms with E-state index in [4.69, 9.17) is 4.74 Å². The van der Waals surface area contributed by atoms with Crippen LogP contribution in [0.2, 0.25) is 0 Å². The molecule has 0 fully saturated rings. The van der Waals surface area contributed by atoms with Crippen LogP contribution in [0.4, 0.5) is 5.69 Å². The summed E-state index contributed by atoms with van der Waals surface area (Å²) in [5, 5.41) is 3.04. The van der Waals surface area contributed by atoms with Gasteiger partial charge in [-0.05, 0) is 79.3 Å². The maximum atomic E-state index is 12.6. The summed E-state index contributed by atoms with van der Waals surface area (Å²) in [5.41, 5.74) is 3.92. The zero-order valence-electron chi connectivity index (χ0n) is 17.9. The van der Waals surface area contributed by atoms with Gasteiger partial charge in [-0.1, -0.05) is 36.4 Å². The summed E-state index contributed by atoms with van der Waals surface area (Å²) in [5.74, 6) is 0.225. The standard InChI is InChI=1S/C25H26N2O4S/c1-18-6-4-9-20(16-18)27-32(29,30)22-14-12-21(13-15-22)31-17-25(28)26-24-11-5-8-19-7-2-3-10-23(19)24/h2-4,6-7,9-10,12-16,24,27H,5,8,11,17H2,1H3,(H,26,28)/t24-/m1/s1. The molecule has 6 nitrogen and oxygen atoms in total. The van der Waals surface area contributed by atoms with Crippen molar-refractivity contribution in [2.24, 2.45) is 0 Å². The number of nitrogens with one attached hydrogen (secondary N) is 2. The Morgan fingerprint density at radius 3 is 2.59 bits per heavy atom. The third-order valence-electron chi connectivity index (χ3n) is 5.48. The number of hydrogen-bond donors (Lipinski definition) is 2. The fourth-order valence-electron chi connectivity index (χ4n) is 3.93. The molecule has 166 valence electrons. The SMILES string of the molecule is Cc1cccc(NS(=O)(=O)c2ccc(OCC(=O)N[C@@H]3CCCc4ccccc43)cc2)c1. The van der Waals surface area contributed by atoms with E-state index in [1.54, 1.807) is 30.3 Å². The van der Waals surface area contributed by atoms with Crippen molar-refractivity contribution in [2.45, 2.75) is 37.1 Å². The molecule has 0 saturated heterocycles. The van der Waals surface area contributed by atoms with Crippen molar-refractivity contribution in [3.05, 3.63) is 89.5 Å². The highest BCUT2D eigenvalue weighted by atomic mass is 32.2. The van der Waals surface area contributed by atoms with Gasteiger partial charge in [-0.3, -0.25) is 9.52 Å². The first-order valence-electron chi connectivity index (χ1n) is 10.6. The Morgan fingerprint density at radius 2 is 1.81 bits per heavy atom. The summed E-state index contributed by atoms with van der Waals surface area (Å²) in [6.45, 7) is 1.76. The van der Waals surface area contributed by atoms with Gasteiger partial charge in [0.2, 0.25) is 0 Å². The van der Waals surface area contributed by atoms with Gasteiger partial charge < -0.3 is 10.1 Å². The lowest BCUT2D eigenvalue weighted by molar-refractivity contribution is -0.124. The maximum absolute atomic E-state index is 12.6. The molecular formula is C25H26N2O4S. The predicted octanol–water partition coefficient (Wildman–Crippen LogP) is 4.37. The predicted molar refractivity (Wildman–Crippen MR) is 124 cm³/mol. The minimum atomic E-state index is -3.71. The second-order valence-electron chi connectivity index (χ2n) is 7.95. The number of carbonyl (C=O) groups excluding carboxylic acids is 1. The Bertz CT molecular complexity index is 1210. The normalized spacial score (nSPS) is 15.5. The summed E-state index contributed by atoms with van der Waals surface area (Å²) in [4.78, 5) is 12.5. The van der Waals surface area contributed by atoms with Crippen molar-refractivity contribution in [3.63, 3.8) is 0 Å². The van der Waals surface area contributed by atoms with E-state index >= 15 is 0 Å². The summed E-state index contributed by atoms with van der Waals surface area (Å²) >= 11 is 0. The van der Waals surface area contributed by atoms with Crippen LogP contribution < -0.4 is 14.8 Å². The molecular weight excluding hydrogens is 424 g/mol. The molecule has 0 radical (unpaired) electrons. The van der Waals surface area contributed by atoms with Gasteiger partial charge in [-0.15, -0.1) is 0 Å². The summed E-state index contributed by atoms with van der Waals surface area (Å²) < 4.78 is 33.3. The second kappa shape index (κ2) is 9.44. The van der Waals surface area contributed by atoms with Crippen LogP contribution in [0, 0.1) is 6.92 Å². The molecule has 3 aromatic carbocycles. The second-order valence-corrected chi connectivity index (χ2v) is 9.63. The topological polar surface area (TPSA) is 84.5 Å². The van der Waals surface area contributed by atoms with Crippen LogP contribution >= 0.6 is 0 Å². The lowest BCUT2D eigenvalue weighted by atomic mass is 9.88. The van der Waals surface area contributed by atoms with E-state index in [9.17, 15) is 13.2 Å². The fourth-order valence-corrected chi connectivity index (χ4v) is 4.98. The van der Waals surface area contributed by atoms with Crippen molar-refractivity contribution in [1.82, 2.24) is 5.32 Å². The number of benzene rings is 3. The number of rotatable bonds is 7. The van der Waals surface area contributed by atoms with Crippen molar-refractivity contribution < 1.29 is 17.9 Å². The van der Waals surface area contributed by atoms with Gasteiger partial charge in [-0.25, -0.2) is 8.42 Å². The first-order valence-corrected chi connectivity index (χ1v) is 12.1. The Balaban J connectivity index is 1.33. The molecule has 7 heteroatoms. The summed E-state index contributed by atoms with van der Waals surface area (Å²) in [6.07, 6.45) is 2.98. The Kier molecular flexibility index (Phi) is 6.46. The largest absolute Gasteiger partial charge is 0.484 e. The number of amides is 1. The summed E-state index contributed by atoms with van der Waals surface area (Å²) in [6, 6.07) is 21.3. The Hall–Kier alpha value is -3.32. The van der Waals surface area contributed by atoms with Crippen LogP contribution in [0.3, 0.4) is 0 Å². The van der Waals surface area contributed by atoms with Crippen LogP contribution in [0.1, 0.15) is 35.6 Å². The molecule has 0 heterocycles. The van der Waals surface area contributed by atoms with Gasteiger partial charge in [0.25, 0.3) is 15.9 Å². The molecule has 4 rings (SSSR count). The van der Waals surface area contributed by atoms with E-state index in [2.05, 4.69) is 22.2 Å². The third kappa shape index (κ3) is 5.29. The highest BCUT2D eigenvalue weighted by molar-refractivity contribution is 7.92. The number of anilines is 1. The fraction of sp³-hybridized carbons (Fsp3) is 0.240. The molecule has 0 saturated carbocycles. The average Bonchev–Trinajstić information content (AvgIpc) is 2.78. The van der Waals surface area contributed by atoms with E-state index < -0.39 is 10.0 Å². The van der Waals surface area contributed by atoms with Crippen molar-refractivity contribution in [3.8, 4) is 5.75 Å². The molecule has 0 aliphatic heterocycles. The molecule has 1 amide bonds. The van der Waals surface area contributed by atoms with Crippen LogP contribution in [-0.4, -0.2) is 20.9 Å². The van der Waals surface area contributed by atoms with E-state index in [1.807, 2.05) is 25.1 Å². The van der Waals surface area contributed by atoms with E-state index in [0.717, 1.165) is 24.8 Å². The van der Waals surface area contributed by atoms with Crippen LogP contribution in [0.25, 0.3) is 0 Å². The maximum Gasteiger partial charge on any atom is 0.261 e. The molecule has 2 N–H and O–H groups in total. The quantitative estimate of drug-likeness (QED) is 0.560. The van der Waals surface area contributed by atoms with Gasteiger partial charge in [-0.2, -0.15) is 0 Å². The first kappa shape index (κ1) is 21.9. The van der Waals surface area contributed by atoms with Crippen molar-refractivity contribution >= 4 is 21.6 Å². The number of ether oxygens (including phenoxy) is 1. The van der Waals surface area contributed by atoms with E-state index in [-0.39, 0.29) is 23.5 Å². The summed E-state index contributed by atoms with van der Waals surface area (Å²) in [7, 11) is -3.71. The first-order chi connectivity index (χ1) is 15.4. The van der Waals surface area contributed by atoms with Crippen LogP contribution in [0.5, 0.6) is 5.75 Å². The molecule has 0 spiro atoms. The smallest absolute Gasteiger partial charge is 0.261 e. The lowest BCUT2D eigenvalue weighted by Crippen LogP contribution is -2.34. The zero-order valence-corrected chi connectivity index (χ0v) is 18.7. The Morgan fingerprint density at radius 1 is 1.03 bits per heavy atom. The van der Waals surface area contributed by atoms with Gasteiger partial charge in [0.05, 0.1) is 10.9 Å². The average molecular weight is 451 g/mol. The van der Waals surface area contributed by atoms with Gasteiger partial charge in [0.1, 0.15) is 5.75 Å². The monoisotopic (exact) mass is 450 g/mol. The van der Waals surface area contributed by atoms with Crippen molar-refractivity contribution in [1.29, 1.82) is 0 Å². The Labute approximate surface area is 188 Å². The molecule has 0 bridgehead atoms. The molecule has 1 aliphatic carbocycles. The number of hydrogen-bond acceptors (Lipinski definition) is 4. The highest BCUT2D eigenvalue weighted by Gasteiger charge is 2.21. The number of aryl methyl sites for hydroxylation is 2. The van der Waals surface area contributed by atoms with Gasteiger partial charge in [0, 0.05) is 5.69 Å². The molecule has 32 heavy (non-hydrogen) atoms. The van der Waals surface area contributed by atoms with E-state index in [0.29, 0.717) is 11.4 Å². The zero-order chi connectivity index (χ0) is 22.6. The van der Waals surface area contributed by atoms with Crippen molar-refractivity contribution in [2.75, 3.05) is 11.3 Å². The van der Waals surface area contributed by atoms with Crippen LogP contribution in [-0.2, 0) is 21.2 Å². The highest BCUT2D eigenvalue weighted by Crippen LogP contribution is 2.29. The van der Waals surface area contributed by atoms with Crippen LogP contribution in [0.15, 0.2) is 77.7 Å². The van der Waals surface area contributed by atoms with E-state index in [1.165, 1.54) is 23.3 Å². The third-order valence-corrected chi connectivity index (χ3v) is 6.88. The number of sulfonamides is 1. The van der Waals surface area contributed by atoms with Gasteiger partial charge in [0.15, 0.2) is 6.61 Å². The molecule has 0 unspecified atom stereocenters. The molecule has 1 aliphatic rings. The minimum Gasteiger partial charge on any atom is -0.484 e. The number of fused-ring (bicyclic) bond motifs is 1. The minimum absolute atomic E-state index is 0.00346. The number of carbonyl (C=O) groups is 1. The lowest BCUT2D eigenvalue weighted by Gasteiger charge is -2.26. The molecule has 1 atom stereocenters. The molecule has 3 aromatic rings.